The first-order valence-corrected chi connectivity index (χ1v) is 7.30. The molecule has 0 bridgehead atoms. The minimum atomic E-state index is -0.00898. The van der Waals surface area contributed by atoms with Crippen molar-refractivity contribution in [1.82, 2.24) is 0 Å². The van der Waals surface area contributed by atoms with E-state index in [9.17, 15) is 0 Å². The predicted octanol–water partition coefficient (Wildman–Crippen LogP) is 3.97. The van der Waals surface area contributed by atoms with Gasteiger partial charge in [0.25, 0.3) is 0 Å². The van der Waals surface area contributed by atoms with E-state index in [4.69, 9.17) is 5.73 Å². The van der Waals surface area contributed by atoms with Crippen molar-refractivity contribution in [2.24, 2.45) is 5.73 Å². The SMILES string of the molecule is CC(CN)(Cc1cccs1)c1ccccc1Br. The molecule has 2 rings (SSSR count). The van der Waals surface area contributed by atoms with Gasteiger partial charge >= 0.3 is 0 Å². The van der Waals surface area contributed by atoms with Crippen molar-refractivity contribution in [1.29, 1.82) is 0 Å². The number of halogens is 1. The molecular weight excluding hydrogens is 294 g/mol. The first-order valence-electron chi connectivity index (χ1n) is 5.63. The highest BCUT2D eigenvalue weighted by atomic mass is 79.9. The highest BCUT2D eigenvalue weighted by Crippen LogP contribution is 2.33. The molecule has 2 aromatic rings. The smallest absolute Gasteiger partial charge is 0.0213 e. The Morgan fingerprint density at radius 1 is 1.24 bits per heavy atom. The van der Waals surface area contributed by atoms with E-state index in [1.807, 2.05) is 6.07 Å². The molecule has 1 heterocycles. The van der Waals surface area contributed by atoms with Crippen LogP contribution < -0.4 is 5.73 Å². The molecule has 0 aliphatic heterocycles. The van der Waals surface area contributed by atoms with Crippen molar-refractivity contribution >= 4 is 27.3 Å². The number of nitrogens with two attached hydrogens (primary N) is 1. The molecule has 0 aliphatic rings. The highest BCUT2D eigenvalue weighted by Gasteiger charge is 2.27. The molecule has 17 heavy (non-hydrogen) atoms. The zero-order chi connectivity index (χ0) is 12.3. The molecule has 90 valence electrons. The molecule has 0 saturated heterocycles. The standard InChI is InChI=1S/C14H16BrNS/c1-14(10-16,9-11-5-4-8-17-11)12-6-2-3-7-13(12)15/h2-8H,9-10,16H2,1H3. The van der Waals surface area contributed by atoms with E-state index in [2.05, 4.69) is 58.6 Å². The first kappa shape index (κ1) is 12.8. The molecule has 3 heteroatoms. The predicted molar refractivity (Wildman–Crippen MR) is 78.6 cm³/mol. The lowest BCUT2D eigenvalue weighted by Gasteiger charge is -2.29. The Bertz CT molecular complexity index is 481. The Morgan fingerprint density at radius 2 is 2.00 bits per heavy atom. The Kier molecular flexibility index (Phi) is 4.02. The van der Waals surface area contributed by atoms with Crippen molar-refractivity contribution in [3.05, 3.63) is 56.7 Å². The maximum absolute atomic E-state index is 6.01. The first-order chi connectivity index (χ1) is 8.15. The molecule has 0 amide bonds. The third kappa shape index (κ3) is 2.79. The largest absolute Gasteiger partial charge is 0.330 e. The molecular formula is C14H16BrNS. The van der Waals surface area contributed by atoms with Gasteiger partial charge in [-0.25, -0.2) is 0 Å². The Balaban J connectivity index is 2.34. The fourth-order valence-corrected chi connectivity index (χ4v) is 3.68. The lowest BCUT2D eigenvalue weighted by molar-refractivity contribution is 0.482. The van der Waals surface area contributed by atoms with Gasteiger partial charge in [0.05, 0.1) is 0 Å². The molecule has 0 saturated carbocycles. The Hall–Kier alpha value is -0.640. The van der Waals surface area contributed by atoms with Gasteiger partial charge in [-0.1, -0.05) is 47.1 Å². The second-order valence-corrected chi connectivity index (χ2v) is 6.39. The van der Waals surface area contributed by atoms with Gasteiger partial charge in [-0.05, 0) is 29.5 Å². The van der Waals surface area contributed by atoms with Crippen LogP contribution in [0, 0.1) is 0 Å². The van der Waals surface area contributed by atoms with E-state index in [0.717, 1.165) is 10.9 Å². The monoisotopic (exact) mass is 309 g/mol. The molecule has 1 aromatic heterocycles. The summed E-state index contributed by atoms with van der Waals surface area (Å²) in [6.45, 7) is 2.88. The molecule has 0 aliphatic carbocycles. The minimum Gasteiger partial charge on any atom is -0.330 e. The molecule has 2 N–H and O–H groups in total. The molecule has 0 fully saturated rings. The van der Waals surface area contributed by atoms with Crippen LogP contribution in [0.3, 0.4) is 0 Å². The molecule has 0 radical (unpaired) electrons. The van der Waals surface area contributed by atoms with Gasteiger partial charge < -0.3 is 5.73 Å². The van der Waals surface area contributed by atoms with Gasteiger partial charge in [-0.15, -0.1) is 11.3 Å². The fourth-order valence-electron chi connectivity index (χ4n) is 2.03. The van der Waals surface area contributed by atoms with Crippen molar-refractivity contribution in [2.75, 3.05) is 6.54 Å². The van der Waals surface area contributed by atoms with Crippen molar-refractivity contribution in [3.8, 4) is 0 Å². The summed E-state index contributed by atoms with van der Waals surface area (Å²) < 4.78 is 1.14. The lowest BCUT2D eigenvalue weighted by atomic mass is 9.79. The number of benzene rings is 1. The van der Waals surface area contributed by atoms with Crippen LogP contribution in [0.15, 0.2) is 46.3 Å². The maximum Gasteiger partial charge on any atom is 0.0213 e. The Labute approximate surface area is 115 Å². The average Bonchev–Trinajstić information content (AvgIpc) is 2.82. The zero-order valence-electron chi connectivity index (χ0n) is 9.82. The van der Waals surface area contributed by atoms with Crippen LogP contribution in [0.4, 0.5) is 0 Å². The third-order valence-electron chi connectivity index (χ3n) is 3.12. The molecule has 1 unspecified atom stereocenters. The van der Waals surface area contributed by atoms with Crippen LogP contribution in [-0.2, 0) is 11.8 Å². The zero-order valence-corrected chi connectivity index (χ0v) is 12.2. The van der Waals surface area contributed by atoms with Gasteiger partial charge in [-0.2, -0.15) is 0 Å². The number of hydrogen-bond acceptors (Lipinski definition) is 2. The van der Waals surface area contributed by atoms with Crippen LogP contribution in [0.2, 0.25) is 0 Å². The summed E-state index contributed by atoms with van der Waals surface area (Å²) >= 11 is 5.42. The summed E-state index contributed by atoms with van der Waals surface area (Å²) in [7, 11) is 0. The van der Waals surface area contributed by atoms with E-state index in [1.54, 1.807) is 11.3 Å². The summed E-state index contributed by atoms with van der Waals surface area (Å²) in [5.41, 5.74) is 7.29. The summed E-state index contributed by atoms with van der Waals surface area (Å²) in [6.07, 6.45) is 0.990. The summed E-state index contributed by atoms with van der Waals surface area (Å²) in [6, 6.07) is 12.6. The minimum absolute atomic E-state index is 0.00898. The summed E-state index contributed by atoms with van der Waals surface area (Å²) in [5, 5.41) is 2.12. The highest BCUT2D eigenvalue weighted by molar-refractivity contribution is 9.10. The van der Waals surface area contributed by atoms with E-state index in [1.165, 1.54) is 10.4 Å². The number of hydrogen-bond donors (Lipinski definition) is 1. The molecule has 1 atom stereocenters. The van der Waals surface area contributed by atoms with Gasteiger partial charge in [0.1, 0.15) is 0 Å². The number of thiophene rings is 1. The fraction of sp³-hybridized carbons (Fsp3) is 0.286. The van der Waals surface area contributed by atoms with Gasteiger partial charge in [0, 0.05) is 21.3 Å². The summed E-state index contributed by atoms with van der Waals surface area (Å²) in [5.74, 6) is 0. The van der Waals surface area contributed by atoms with E-state index in [-0.39, 0.29) is 5.41 Å². The third-order valence-corrected chi connectivity index (χ3v) is 4.69. The van der Waals surface area contributed by atoms with Crippen LogP contribution >= 0.6 is 27.3 Å². The topological polar surface area (TPSA) is 26.0 Å². The summed E-state index contributed by atoms with van der Waals surface area (Å²) in [4.78, 5) is 1.38. The Morgan fingerprint density at radius 3 is 2.59 bits per heavy atom. The maximum atomic E-state index is 6.01. The second-order valence-electron chi connectivity index (χ2n) is 4.50. The van der Waals surface area contributed by atoms with Crippen molar-refractivity contribution in [2.45, 2.75) is 18.8 Å². The van der Waals surface area contributed by atoms with Crippen molar-refractivity contribution in [3.63, 3.8) is 0 Å². The van der Waals surface area contributed by atoms with Gasteiger partial charge in [-0.3, -0.25) is 0 Å². The molecule has 1 nitrogen and oxygen atoms in total. The van der Waals surface area contributed by atoms with Crippen LogP contribution in [0.25, 0.3) is 0 Å². The quantitative estimate of drug-likeness (QED) is 0.908. The van der Waals surface area contributed by atoms with Crippen molar-refractivity contribution < 1.29 is 0 Å². The van der Waals surface area contributed by atoms with Crippen LogP contribution in [-0.4, -0.2) is 6.54 Å². The number of rotatable bonds is 4. The van der Waals surface area contributed by atoms with E-state index < -0.39 is 0 Å². The van der Waals surface area contributed by atoms with Gasteiger partial charge in [0.15, 0.2) is 0 Å². The molecule has 0 spiro atoms. The van der Waals surface area contributed by atoms with Crippen LogP contribution in [0.5, 0.6) is 0 Å². The van der Waals surface area contributed by atoms with E-state index >= 15 is 0 Å². The second kappa shape index (κ2) is 5.34. The van der Waals surface area contributed by atoms with Crippen LogP contribution in [0.1, 0.15) is 17.4 Å². The lowest BCUT2D eigenvalue weighted by Crippen LogP contribution is -2.34. The normalized spacial score (nSPS) is 14.5. The van der Waals surface area contributed by atoms with E-state index in [0.29, 0.717) is 6.54 Å². The average molecular weight is 310 g/mol. The van der Waals surface area contributed by atoms with Gasteiger partial charge in [0.2, 0.25) is 0 Å². The molecule has 1 aromatic carbocycles.